The number of rotatable bonds is 5. The molecule has 0 fully saturated rings. The van der Waals surface area contributed by atoms with Crippen LogP contribution in [-0.2, 0) is 32.7 Å². The summed E-state index contributed by atoms with van der Waals surface area (Å²) < 4.78 is 84.5. The molecule has 0 unspecified atom stereocenters. The van der Waals surface area contributed by atoms with E-state index in [1.807, 2.05) is 0 Å². The van der Waals surface area contributed by atoms with Crippen LogP contribution in [0.2, 0.25) is 5.15 Å². The van der Waals surface area contributed by atoms with Gasteiger partial charge in [0, 0.05) is 11.1 Å². The van der Waals surface area contributed by atoms with Gasteiger partial charge in [-0.2, -0.15) is 13.2 Å². The Kier molecular flexibility index (Phi) is 6.37. The van der Waals surface area contributed by atoms with Gasteiger partial charge in [-0.15, -0.1) is 0 Å². The molecule has 0 aliphatic heterocycles. The lowest BCUT2D eigenvalue weighted by Crippen LogP contribution is -2.13. The van der Waals surface area contributed by atoms with E-state index < -0.39 is 37.9 Å². The fourth-order valence-electron chi connectivity index (χ4n) is 2.75. The first-order valence-electron chi connectivity index (χ1n) is 8.35. The minimum absolute atomic E-state index is 0.0401. The third-order valence-electron chi connectivity index (χ3n) is 4.13. The van der Waals surface area contributed by atoms with Crippen molar-refractivity contribution in [3.05, 3.63) is 65.1 Å². The molecular formula is C18H13ClF3N3O4S2. The molecule has 1 heterocycles. The number of sulfonamides is 1. The van der Waals surface area contributed by atoms with Crippen LogP contribution in [0.5, 0.6) is 0 Å². The molecule has 0 aliphatic rings. The number of benzene rings is 2. The van der Waals surface area contributed by atoms with Crippen molar-refractivity contribution in [3.8, 4) is 22.4 Å². The molecule has 3 aromatic rings. The van der Waals surface area contributed by atoms with Crippen molar-refractivity contribution in [1.82, 2.24) is 9.97 Å². The van der Waals surface area contributed by atoms with E-state index in [-0.39, 0.29) is 33.0 Å². The number of hydrogen-bond donors (Lipinski definition) is 2. The lowest BCUT2D eigenvalue weighted by Gasteiger charge is -2.15. The standard InChI is InChI=1S/C18H13ClF3N3O4S2/c19-16-14(11-5-7-13(8-6-11)31(23,28)29)15(24-17(25-16)18(20,21)22)12-3-1-10(2-4-12)9-30(26)27/h1-8,30H,9H2,(H2,23,28,29). The molecule has 0 saturated heterocycles. The average Bonchev–Trinajstić information content (AvgIpc) is 2.66. The second kappa shape index (κ2) is 8.54. The molecule has 164 valence electrons. The molecule has 0 radical (unpaired) electrons. The van der Waals surface area contributed by atoms with Crippen LogP contribution in [-0.4, -0.2) is 26.8 Å². The van der Waals surface area contributed by atoms with E-state index in [2.05, 4.69) is 9.97 Å². The van der Waals surface area contributed by atoms with Gasteiger partial charge in [0.05, 0.1) is 16.3 Å². The summed E-state index contributed by atoms with van der Waals surface area (Å²) in [5, 5.41) is 4.57. The summed E-state index contributed by atoms with van der Waals surface area (Å²) in [6, 6.07) is 10.7. The molecule has 0 spiro atoms. The molecule has 3 rings (SSSR count). The van der Waals surface area contributed by atoms with E-state index >= 15 is 0 Å². The highest BCUT2D eigenvalue weighted by Gasteiger charge is 2.36. The number of aromatic nitrogens is 2. The zero-order valence-electron chi connectivity index (χ0n) is 15.3. The summed E-state index contributed by atoms with van der Waals surface area (Å²) in [6.07, 6.45) is -4.87. The second-order valence-electron chi connectivity index (χ2n) is 6.32. The summed E-state index contributed by atoms with van der Waals surface area (Å²) in [7, 11) is -6.65. The van der Waals surface area contributed by atoms with Gasteiger partial charge in [0.25, 0.3) is 0 Å². The lowest BCUT2D eigenvalue weighted by atomic mass is 10.00. The van der Waals surface area contributed by atoms with Crippen LogP contribution >= 0.6 is 11.6 Å². The Labute approximate surface area is 181 Å². The first-order valence-corrected chi connectivity index (χ1v) is 11.6. The predicted octanol–water partition coefficient (Wildman–Crippen LogP) is 3.24. The first kappa shape index (κ1) is 23.1. The predicted molar refractivity (Wildman–Crippen MR) is 108 cm³/mol. The van der Waals surface area contributed by atoms with Crippen molar-refractivity contribution in [2.45, 2.75) is 16.8 Å². The van der Waals surface area contributed by atoms with E-state index in [9.17, 15) is 30.0 Å². The smallest absolute Gasteiger partial charge is 0.232 e. The summed E-state index contributed by atoms with van der Waals surface area (Å²) in [6.45, 7) is 0. The molecular weight excluding hydrogens is 479 g/mol. The van der Waals surface area contributed by atoms with E-state index in [0.717, 1.165) is 0 Å². The molecule has 31 heavy (non-hydrogen) atoms. The number of nitrogens with two attached hydrogens (primary N) is 1. The van der Waals surface area contributed by atoms with Crippen molar-refractivity contribution in [2.24, 2.45) is 5.14 Å². The molecule has 7 nitrogen and oxygen atoms in total. The summed E-state index contributed by atoms with van der Waals surface area (Å²) >= 11 is 6.08. The van der Waals surface area contributed by atoms with Crippen molar-refractivity contribution >= 4 is 32.3 Å². The summed E-state index contributed by atoms with van der Waals surface area (Å²) in [5.41, 5.74) is 0.806. The van der Waals surface area contributed by atoms with Crippen molar-refractivity contribution < 1.29 is 30.0 Å². The highest BCUT2D eigenvalue weighted by atomic mass is 35.5. The largest absolute Gasteiger partial charge is 0.451 e. The maximum absolute atomic E-state index is 13.3. The number of halogens is 4. The zero-order valence-corrected chi connectivity index (χ0v) is 17.8. The molecule has 0 aliphatic carbocycles. The first-order chi connectivity index (χ1) is 14.4. The number of primary sulfonamides is 1. The van der Waals surface area contributed by atoms with Gasteiger partial charge in [0.2, 0.25) is 15.8 Å². The van der Waals surface area contributed by atoms with Gasteiger partial charge < -0.3 is 0 Å². The topological polar surface area (TPSA) is 120 Å². The maximum atomic E-state index is 13.3. The molecule has 2 aromatic carbocycles. The second-order valence-corrected chi connectivity index (χ2v) is 9.22. The fraction of sp³-hybridized carbons (Fsp3) is 0.111. The van der Waals surface area contributed by atoms with Gasteiger partial charge in [-0.05, 0) is 23.3 Å². The average molecular weight is 492 g/mol. The minimum Gasteiger partial charge on any atom is -0.232 e. The number of nitrogens with zero attached hydrogens (tertiary/aromatic N) is 2. The highest BCUT2D eigenvalue weighted by Crippen LogP contribution is 2.38. The SMILES string of the molecule is NS(=O)(=O)c1ccc(-c2c(Cl)nc(C(F)(F)F)nc2-c2ccc(C[SH](=O)=O)cc2)cc1. The van der Waals surface area contributed by atoms with Crippen LogP contribution in [0, 0.1) is 0 Å². The number of hydrogen-bond acceptors (Lipinski definition) is 6. The van der Waals surface area contributed by atoms with E-state index in [1.54, 1.807) is 0 Å². The van der Waals surface area contributed by atoms with Crippen LogP contribution in [0.25, 0.3) is 22.4 Å². The maximum Gasteiger partial charge on any atom is 0.451 e. The number of alkyl halides is 3. The van der Waals surface area contributed by atoms with Crippen LogP contribution in [0.4, 0.5) is 13.2 Å². The molecule has 2 N–H and O–H groups in total. The normalized spacial score (nSPS) is 12.3. The van der Waals surface area contributed by atoms with Crippen molar-refractivity contribution in [1.29, 1.82) is 0 Å². The van der Waals surface area contributed by atoms with E-state index in [4.69, 9.17) is 16.7 Å². The summed E-state index contributed by atoms with van der Waals surface area (Å²) in [4.78, 5) is 6.78. The molecule has 1 aromatic heterocycles. The molecule has 0 atom stereocenters. The quantitative estimate of drug-likeness (QED) is 0.417. The number of thiol groups is 1. The van der Waals surface area contributed by atoms with Gasteiger partial charge in [-0.1, -0.05) is 48.0 Å². The van der Waals surface area contributed by atoms with Crippen LogP contribution in [0.1, 0.15) is 11.4 Å². The highest BCUT2D eigenvalue weighted by molar-refractivity contribution is 7.89. The monoisotopic (exact) mass is 491 g/mol. The lowest BCUT2D eigenvalue weighted by molar-refractivity contribution is -0.144. The van der Waals surface area contributed by atoms with E-state index in [0.29, 0.717) is 5.56 Å². The zero-order chi connectivity index (χ0) is 23.0. The molecule has 0 amide bonds. The Morgan fingerprint density at radius 3 is 1.97 bits per heavy atom. The molecule has 0 bridgehead atoms. The molecule has 13 heteroatoms. The third-order valence-corrected chi connectivity index (χ3v) is 5.96. The Hall–Kier alpha value is -2.54. The van der Waals surface area contributed by atoms with Gasteiger partial charge in [-0.3, -0.25) is 0 Å². The van der Waals surface area contributed by atoms with Gasteiger partial charge >= 0.3 is 6.18 Å². The van der Waals surface area contributed by atoms with Crippen molar-refractivity contribution in [3.63, 3.8) is 0 Å². The van der Waals surface area contributed by atoms with Gasteiger partial charge in [0.15, 0.2) is 0 Å². The Morgan fingerprint density at radius 2 is 1.48 bits per heavy atom. The third kappa shape index (κ3) is 5.39. The minimum atomic E-state index is -4.87. The fourth-order valence-corrected chi connectivity index (χ4v) is 4.06. The van der Waals surface area contributed by atoms with Gasteiger partial charge in [0.1, 0.15) is 15.9 Å². The molecule has 0 saturated carbocycles. The van der Waals surface area contributed by atoms with Crippen LogP contribution in [0.3, 0.4) is 0 Å². The van der Waals surface area contributed by atoms with Crippen LogP contribution < -0.4 is 5.14 Å². The Bertz CT molecular complexity index is 1300. The van der Waals surface area contributed by atoms with Crippen molar-refractivity contribution in [2.75, 3.05) is 0 Å². The Balaban J connectivity index is 2.21. The van der Waals surface area contributed by atoms with Gasteiger partial charge in [-0.25, -0.2) is 31.9 Å². The van der Waals surface area contributed by atoms with E-state index in [1.165, 1.54) is 48.5 Å². The Morgan fingerprint density at radius 1 is 0.935 bits per heavy atom. The summed E-state index contributed by atoms with van der Waals surface area (Å²) in [5.74, 6) is -1.68. The van der Waals surface area contributed by atoms with Crippen LogP contribution in [0.15, 0.2) is 53.4 Å².